The number of aromatic nitrogens is 1. The number of carbonyl (C=O) groups excluding carboxylic acids is 1. The first-order valence-electron chi connectivity index (χ1n) is 5.32. The quantitative estimate of drug-likeness (QED) is 0.793. The van der Waals surface area contributed by atoms with E-state index in [2.05, 4.69) is 4.98 Å². The normalized spacial score (nSPS) is 11.6. The predicted molar refractivity (Wildman–Crippen MR) is 68.4 cm³/mol. The summed E-state index contributed by atoms with van der Waals surface area (Å²) >= 11 is 6.01. The monoisotopic (exact) mass is 256 g/mol. The van der Waals surface area contributed by atoms with Gasteiger partial charge >= 0.3 is 0 Å². The van der Waals surface area contributed by atoms with Gasteiger partial charge in [-0.2, -0.15) is 5.26 Å². The second-order valence-corrected chi connectivity index (χ2v) is 4.10. The van der Waals surface area contributed by atoms with E-state index in [1.165, 1.54) is 6.20 Å². The summed E-state index contributed by atoms with van der Waals surface area (Å²) in [6.07, 6.45) is 3.02. The fraction of sp³-hybridized carbons (Fsp3) is 0.0714. The van der Waals surface area contributed by atoms with Gasteiger partial charge in [-0.1, -0.05) is 29.8 Å². The number of benzene rings is 1. The molecule has 0 N–H and O–H groups in total. The topological polar surface area (TPSA) is 53.8 Å². The Morgan fingerprint density at radius 2 is 2.06 bits per heavy atom. The van der Waals surface area contributed by atoms with Crippen molar-refractivity contribution in [3.05, 3.63) is 64.9 Å². The number of hydrogen-bond acceptors (Lipinski definition) is 3. The number of ketones is 1. The van der Waals surface area contributed by atoms with Crippen molar-refractivity contribution in [2.24, 2.45) is 0 Å². The van der Waals surface area contributed by atoms with Gasteiger partial charge in [-0.05, 0) is 23.8 Å². The first kappa shape index (κ1) is 12.3. The molecule has 0 saturated heterocycles. The second-order valence-electron chi connectivity index (χ2n) is 3.69. The third-order valence-electron chi connectivity index (χ3n) is 2.55. The van der Waals surface area contributed by atoms with E-state index in [0.29, 0.717) is 16.1 Å². The van der Waals surface area contributed by atoms with Crippen LogP contribution in [0.4, 0.5) is 0 Å². The molecule has 0 aliphatic heterocycles. The molecule has 2 aromatic rings. The molecular weight excluding hydrogens is 248 g/mol. The number of carbonyl (C=O) groups is 1. The molecular formula is C14H9ClN2O. The van der Waals surface area contributed by atoms with E-state index in [-0.39, 0.29) is 5.78 Å². The molecule has 0 aliphatic carbocycles. The van der Waals surface area contributed by atoms with Crippen molar-refractivity contribution in [3.63, 3.8) is 0 Å². The zero-order chi connectivity index (χ0) is 13.0. The van der Waals surface area contributed by atoms with Gasteiger partial charge < -0.3 is 0 Å². The van der Waals surface area contributed by atoms with Crippen LogP contribution in [0.15, 0.2) is 48.8 Å². The van der Waals surface area contributed by atoms with Crippen LogP contribution in [0.3, 0.4) is 0 Å². The van der Waals surface area contributed by atoms with E-state index in [0.717, 1.165) is 0 Å². The van der Waals surface area contributed by atoms with Gasteiger partial charge in [0.05, 0.1) is 6.07 Å². The van der Waals surface area contributed by atoms with Gasteiger partial charge in [0.1, 0.15) is 5.92 Å². The van der Waals surface area contributed by atoms with Crippen LogP contribution in [-0.4, -0.2) is 10.8 Å². The fourth-order valence-electron chi connectivity index (χ4n) is 1.65. The summed E-state index contributed by atoms with van der Waals surface area (Å²) in [5.74, 6) is -1.19. The maximum Gasteiger partial charge on any atom is 0.186 e. The van der Waals surface area contributed by atoms with Crippen molar-refractivity contribution in [3.8, 4) is 6.07 Å². The number of Topliss-reactive ketones (excluding diaryl/α,β-unsaturated/α-hetero) is 1. The van der Waals surface area contributed by atoms with Crippen LogP contribution in [0, 0.1) is 11.3 Å². The molecule has 0 spiro atoms. The Bertz CT molecular complexity index is 605. The Labute approximate surface area is 110 Å². The summed E-state index contributed by atoms with van der Waals surface area (Å²) in [5.41, 5.74) is 0.930. The van der Waals surface area contributed by atoms with E-state index in [4.69, 9.17) is 11.6 Å². The number of pyridine rings is 1. The second kappa shape index (κ2) is 5.44. The van der Waals surface area contributed by atoms with Crippen LogP contribution < -0.4 is 0 Å². The summed E-state index contributed by atoms with van der Waals surface area (Å²) in [4.78, 5) is 16.1. The molecule has 2 rings (SSSR count). The highest BCUT2D eigenvalue weighted by Gasteiger charge is 2.23. The van der Waals surface area contributed by atoms with Crippen molar-refractivity contribution in [1.82, 2.24) is 4.98 Å². The van der Waals surface area contributed by atoms with Crippen LogP contribution in [0.2, 0.25) is 5.02 Å². The minimum atomic E-state index is -0.900. The molecule has 0 unspecified atom stereocenters. The molecule has 1 aromatic heterocycles. The van der Waals surface area contributed by atoms with E-state index in [1.54, 1.807) is 42.6 Å². The SMILES string of the molecule is N#C[C@@H](C(=O)c1cccnc1)c1ccccc1Cl. The maximum absolute atomic E-state index is 12.2. The lowest BCUT2D eigenvalue weighted by atomic mass is 9.92. The lowest BCUT2D eigenvalue weighted by Gasteiger charge is -2.09. The molecule has 0 aliphatic rings. The number of halogens is 1. The smallest absolute Gasteiger partial charge is 0.186 e. The van der Waals surface area contributed by atoms with Crippen molar-refractivity contribution < 1.29 is 4.79 Å². The van der Waals surface area contributed by atoms with E-state index in [9.17, 15) is 10.1 Å². The van der Waals surface area contributed by atoms with Crippen molar-refractivity contribution in [1.29, 1.82) is 5.26 Å². The summed E-state index contributed by atoms with van der Waals surface area (Å²) in [6, 6.07) is 12.2. The first-order valence-corrected chi connectivity index (χ1v) is 5.70. The number of nitriles is 1. The van der Waals surface area contributed by atoms with Crippen LogP contribution >= 0.6 is 11.6 Å². The lowest BCUT2D eigenvalue weighted by molar-refractivity contribution is 0.0978. The van der Waals surface area contributed by atoms with Gasteiger partial charge in [-0.3, -0.25) is 9.78 Å². The molecule has 0 saturated carbocycles. The zero-order valence-corrected chi connectivity index (χ0v) is 10.1. The van der Waals surface area contributed by atoms with Gasteiger partial charge in [0.25, 0.3) is 0 Å². The minimum absolute atomic E-state index is 0.293. The molecule has 1 heterocycles. The Morgan fingerprint density at radius 1 is 1.28 bits per heavy atom. The number of rotatable bonds is 3. The van der Waals surface area contributed by atoms with Gasteiger partial charge in [0.2, 0.25) is 0 Å². The van der Waals surface area contributed by atoms with Gasteiger partial charge in [-0.25, -0.2) is 0 Å². The first-order chi connectivity index (χ1) is 8.74. The molecule has 0 amide bonds. The Hall–Kier alpha value is -2.18. The van der Waals surface area contributed by atoms with Crippen LogP contribution in [0.5, 0.6) is 0 Å². The fourth-order valence-corrected chi connectivity index (χ4v) is 1.90. The van der Waals surface area contributed by atoms with Gasteiger partial charge in [-0.15, -0.1) is 0 Å². The van der Waals surface area contributed by atoms with Crippen molar-refractivity contribution in [2.45, 2.75) is 5.92 Å². The van der Waals surface area contributed by atoms with E-state index in [1.807, 2.05) is 6.07 Å². The molecule has 1 aromatic carbocycles. The maximum atomic E-state index is 12.2. The summed E-state index contributed by atoms with van der Waals surface area (Å²) < 4.78 is 0. The van der Waals surface area contributed by atoms with Crippen LogP contribution in [0.25, 0.3) is 0 Å². The summed E-state index contributed by atoms with van der Waals surface area (Å²) in [7, 11) is 0. The molecule has 0 fully saturated rings. The Morgan fingerprint density at radius 3 is 2.67 bits per heavy atom. The standard InChI is InChI=1S/C14H9ClN2O/c15-13-6-2-1-5-11(13)12(8-16)14(18)10-4-3-7-17-9-10/h1-7,9,12H/t12-/m1/s1. The Kier molecular flexibility index (Phi) is 3.71. The van der Waals surface area contributed by atoms with Gasteiger partial charge in [0, 0.05) is 23.0 Å². The number of hydrogen-bond donors (Lipinski definition) is 0. The highest BCUT2D eigenvalue weighted by molar-refractivity contribution is 6.31. The summed E-state index contributed by atoms with van der Waals surface area (Å²) in [6.45, 7) is 0. The number of nitrogens with zero attached hydrogens (tertiary/aromatic N) is 2. The van der Waals surface area contributed by atoms with Crippen molar-refractivity contribution in [2.75, 3.05) is 0 Å². The third kappa shape index (κ3) is 2.39. The molecule has 0 radical (unpaired) electrons. The highest BCUT2D eigenvalue weighted by Crippen LogP contribution is 2.26. The lowest BCUT2D eigenvalue weighted by Crippen LogP contribution is -2.11. The third-order valence-corrected chi connectivity index (χ3v) is 2.90. The van der Waals surface area contributed by atoms with Crippen LogP contribution in [0.1, 0.15) is 21.8 Å². The summed E-state index contributed by atoms with van der Waals surface area (Å²) in [5, 5.41) is 9.60. The molecule has 18 heavy (non-hydrogen) atoms. The predicted octanol–water partition coefficient (Wildman–Crippen LogP) is 3.23. The van der Waals surface area contributed by atoms with E-state index >= 15 is 0 Å². The van der Waals surface area contributed by atoms with Crippen molar-refractivity contribution >= 4 is 17.4 Å². The molecule has 0 bridgehead atoms. The molecule has 88 valence electrons. The Balaban J connectivity index is 2.40. The van der Waals surface area contributed by atoms with Crippen LogP contribution in [-0.2, 0) is 0 Å². The average Bonchev–Trinajstić information content (AvgIpc) is 2.42. The molecule has 4 heteroatoms. The highest BCUT2D eigenvalue weighted by atomic mass is 35.5. The van der Waals surface area contributed by atoms with Gasteiger partial charge in [0.15, 0.2) is 5.78 Å². The largest absolute Gasteiger partial charge is 0.292 e. The minimum Gasteiger partial charge on any atom is -0.292 e. The van der Waals surface area contributed by atoms with E-state index < -0.39 is 5.92 Å². The molecule has 1 atom stereocenters. The molecule has 3 nitrogen and oxygen atoms in total. The average molecular weight is 257 g/mol. The zero-order valence-electron chi connectivity index (χ0n) is 9.38.